The molecule has 0 saturated carbocycles. The zero-order valence-corrected chi connectivity index (χ0v) is 9.69. The third-order valence-corrected chi connectivity index (χ3v) is 2.96. The molecule has 0 N–H and O–H groups in total. The Bertz CT molecular complexity index is 337. The molecule has 1 unspecified atom stereocenters. The topological polar surface area (TPSA) is 61.0 Å². The van der Waals surface area contributed by atoms with Gasteiger partial charge in [0.15, 0.2) is 0 Å². The zero-order valence-electron chi connectivity index (χ0n) is 8.11. The van der Waals surface area contributed by atoms with E-state index in [1.807, 2.05) is 0 Å². The van der Waals surface area contributed by atoms with E-state index in [1.54, 1.807) is 17.8 Å². The molecule has 5 nitrogen and oxygen atoms in total. The van der Waals surface area contributed by atoms with Gasteiger partial charge in [0.2, 0.25) is 0 Å². The van der Waals surface area contributed by atoms with Gasteiger partial charge in [0, 0.05) is 5.33 Å². The fraction of sp³-hybridized carbons (Fsp3) is 0.625. The molecule has 0 aliphatic heterocycles. The van der Waals surface area contributed by atoms with Crippen molar-refractivity contribution < 1.29 is 4.92 Å². The average molecular weight is 262 g/mol. The highest BCUT2D eigenvalue weighted by atomic mass is 79.9. The van der Waals surface area contributed by atoms with Crippen molar-refractivity contribution in [2.45, 2.75) is 20.4 Å². The lowest BCUT2D eigenvalue weighted by molar-refractivity contribution is -0.390. The number of alkyl halides is 1. The minimum absolute atomic E-state index is 0.0493. The molecule has 1 heterocycles. The first kappa shape index (κ1) is 11.2. The number of aromatic nitrogens is 2. The number of hydrogen-bond donors (Lipinski definition) is 0. The number of rotatable bonds is 4. The number of nitro groups is 1. The molecular formula is C8H12BrN3O2. The van der Waals surface area contributed by atoms with E-state index in [0.717, 1.165) is 5.33 Å². The van der Waals surface area contributed by atoms with E-state index in [9.17, 15) is 10.1 Å². The van der Waals surface area contributed by atoms with Crippen LogP contribution < -0.4 is 0 Å². The maximum absolute atomic E-state index is 10.5. The summed E-state index contributed by atoms with van der Waals surface area (Å²) < 4.78 is 1.62. The molecule has 0 radical (unpaired) electrons. The number of nitrogens with zero attached hydrogens (tertiary/aromatic N) is 3. The lowest BCUT2D eigenvalue weighted by Gasteiger charge is -2.02. The molecule has 6 heteroatoms. The quantitative estimate of drug-likeness (QED) is 0.474. The highest BCUT2D eigenvalue weighted by Crippen LogP contribution is 2.15. The molecule has 0 aliphatic carbocycles. The fourth-order valence-electron chi connectivity index (χ4n) is 1.15. The average Bonchev–Trinajstić information content (AvgIpc) is 2.46. The zero-order chi connectivity index (χ0) is 10.7. The Hall–Kier alpha value is -0.910. The van der Waals surface area contributed by atoms with Gasteiger partial charge in [-0.25, -0.2) is 0 Å². The van der Waals surface area contributed by atoms with Crippen LogP contribution in [0.1, 0.15) is 12.5 Å². The van der Waals surface area contributed by atoms with Gasteiger partial charge in [-0.1, -0.05) is 22.9 Å². The fourth-order valence-corrected chi connectivity index (χ4v) is 1.36. The third kappa shape index (κ3) is 2.54. The minimum Gasteiger partial charge on any atom is -0.358 e. The van der Waals surface area contributed by atoms with Gasteiger partial charge in [-0.05, 0) is 17.8 Å². The molecule has 0 fully saturated rings. The van der Waals surface area contributed by atoms with Crippen molar-refractivity contribution in [3.05, 3.63) is 21.9 Å². The summed E-state index contributed by atoms with van der Waals surface area (Å²) in [5.41, 5.74) is 0.608. The molecule has 1 aromatic rings. The first-order chi connectivity index (χ1) is 6.54. The van der Waals surface area contributed by atoms with Crippen LogP contribution in [-0.4, -0.2) is 20.0 Å². The van der Waals surface area contributed by atoms with Crippen molar-refractivity contribution in [2.24, 2.45) is 5.92 Å². The Kier molecular flexibility index (Phi) is 3.62. The van der Waals surface area contributed by atoms with Crippen LogP contribution in [0, 0.1) is 23.0 Å². The Morgan fingerprint density at radius 1 is 1.79 bits per heavy atom. The van der Waals surface area contributed by atoms with Crippen LogP contribution in [0.4, 0.5) is 5.82 Å². The van der Waals surface area contributed by atoms with E-state index < -0.39 is 4.92 Å². The van der Waals surface area contributed by atoms with E-state index >= 15 is 0 Å². The smallest absolute Gasteiger partial charge is 0.358 e. The van der Waals surface area contributed by atoms with E-state index in [4.69, 9.17) is 0 Å². The van der Waals surface area contributed by atoms with Crippen LogP contribution in [0.2, 0.25) is 0 Å². The van der Waals surface area contributed by atoms with Crippen molar-refractivity contribution in [1.82, 2.24) is 9.78 Å². The summed E-state index contributed by atoms with van der Waals surface area (Å²) >= 11 is 3.35. The second-order valence-electron chi connectivity index (χ2n) is 3.37. The summed E-state index contributed by atoms with van der Waals surface area (Å²) in [6, 6.07) is 0. The second-order valence-corrected chi connectivity index (χ2v) is 4.02. The van der Waals surface area contributed by atoms with Crippen molar-refractivity contribution >= 4 is 21.7 Å². The summed E-state index contributed by atoms with van der Waals surface area (Å²) in [6.07, 6.45) is 1.71. The van der Waals surface area contributed by atoms with Gasteiger partial charge in [-0.15, -0.1) is 0 Å². The molecule has 0 aliphatic rings. The minimum atomic E-state index is -0.454. The first-order valence-corrected chi connectivity index (χ1v) is 5.41. The van der Waals surface area contributed by atoms with Gasteiger partial charge in [-0.2, -0.15) is 4.68 Å². The van der Waals surface area contributed by atoms with E-state index in [0.29, 0.717) is 18.0 Å². The summed E-state index contributed by atoms with van der Waals surface area (Å²) in [7, 11) is 0. The van der Waals surface area contributed by atoms with Crippen LogP contribution in [0.5, 0.6) is 0 Å². The molecule has 78 valence electrons. The Labute approximate surface area is 90.4 Å². The highest BCUT2D eigenvalue weighted by molar-refractivity contribution is 9.09. The van der Waals surface area contributed by atoms with Crippen molar-refractivity contribution in [1.29, 1.82) is 0 Å². The van der Waals surface area contributed by atoms with E-state index in [1.165, 1.54) is 0 Å². The standard InChI is InChI=1S/C8H12BrN3O2/c1-6(3-9)4-11-5-7(2)8(10-11)12(13)14/h5-6H,3-4H2,1-2H3. The molecular weight excluding hydrogens is 250 g/mol. The lowest BCUT2D eigenvalue weighted by atomic mass is 10.2. The number of hydrogen-bond acceptors (Lipinski definition) is 3. The Morgan fingerprint density at radius 3 is 2.86 bits per heavy atom. The van der Waals surface area contributed by atoms with Crippen LogP contribution in [-0.2, 0) is 6.54 Å². The predicted molar refractivity (Wildman–Crippen MR) is 56.6 cm³/mol. The third-order valence-electron chi connectivity index (χ3n) is 1.85. The number of aryl methyl sites for hydroxylation is 1. The summed E-state index contributed by atoms with van der Waals surface area (Å²) in [6.45, 7) is 4.44. The van der Waals surface area contributed by atoms with E-state index in [2.05, 4.69) is 28.0 Å². The van der Waals surface area contributed by atoms with Gasteiger partial charge < -0.3 is 10.1 Å². The normalized spacial score (nSPS) is 12.8. The van der Waals surface area contributed by atoms with Gasteiger partial charge in [0.05, 0.1) is 23.4 Å². The molecule has 1 atom stereocenters. The molecule has 14 heavy (non-hydrogen) atoms. The summed E-state index contributed by atoms with van der Waals surface area (Å²) in [4.78, 5) is 10.1. The molecule has 1 aromatic heterocycles. The second kappa shape index (κ2) is 4.54. The lowest BCUT2D eigenvalue weighted by Crippen LogP contribution is -2.09. The maximum atomic E-state index is 10.5. The van der Waals surface area contributed by atoms with Crippen LogP contribution in [0.25, 0.3) is 0 Å². The Morgan fingerprint density at radius 2 is 2.43 bits per heavy atom. The van der Waals surface area contributed by atoms with Gasteiger partial charge in [0.25, 0.3) is 0 Å². The molecule has 0 saturated heterocycles. The van der Waals surface area contributed by atoms with Crippen molar-refractivity contribution in [2.75, 3.05) is 5.33 Å². The predicted octanol–water partition coefficient (Wildman–Crippen LogP) is 2.13. The molecule has 0 spiro atoms. The highest BCUT2D eigenvalue weighted by Gasteiger charge is 2.17. The summed E-state index contributed by atoms with van der Waals surface area (Å²) in [5, 5.41) is 15.3. The van der Waals surface area contributed by atoms with Crippen molar-refractivity contribution in [3.8, 4) is 0 Å². The van der Waals surface area contributed by atoms with Crippen LogP contribution in [0.15, 0.2) is 6.20 Å². The monoisotopic (exact) mass is 261 g/mol. The maximum Gasteiger partial charge on any atom is 0.392 e. The molecule has 0 amide bonds. The molecule has 0 bridgehead atoms. The number of halogens is 1. The SMILES string of the molecule is Cc1cn(CC(C)CBr)nc1[N+](=O)[O-]. The van der Waals surface area contributed by atoms with E-state index in [-0.39, 0.29) is 5.82 Å². The van der Waals surface area contributed by atoms with Gasteiger partial charge in [-0.3, -0.25) is 0 Å². The Balaban J connectivity index is 2.81. The largest absolute Gasteiger partial charge is 0.392 e. The summed E-state index contributed by atoms with van der Waals surface area (Å²) in [5.74, 6) is 0.362. The van der Waals surface area contributed by atoms with Crippen LogP contribution in [0.3, 0.4) is 0 Å². The molecule has 0 aromatic carbocycles. The first-order valence-electron chi connectivity index (χ1n) is 4.29. The molecule has 1 rings (SSSR count). The van der Waals surface area contributed by atoms with Gasteiger partial charge in [0.1, 0.15) is 0 Å². The van der Waals surface area contributed by atoms with Crippen LogP contribution >= 0.6 is 15.9 Å². The van der Waals surface area contributed by atoms with Crippen molar-refractivity contribution in [3.63, 3.8) is 0 Å². The van der Waals surface area contributed by atoms with Gasteiger partial charge >= 0.3 is 5.82 Å².